The van der Waals surface area contributed by atoms with Gasteiger partial charge in [0, 0.05) is 38.2 Å². The fraction of sp³-hybridized carbons (Fsp3) is 0.294. The number of amides is 5. The van der Waals surface area contributed by atoms with Gasteiger partial charge in [0.2, 0.25) is 11.8 Å². The molecule has 4 N–H and O–H groups in total. The molecule has 46 heavy (non-hydrogen) atoms. The molecule has 0 unspecified atom stereocenters. The van der Waals surface area contributed by atoms with Crippen LogP contribution in [0.15, 0.2) is 91.5 Å². The molecular formula is C34H38N6O6. The average Bonchev–Trinajstić information content (AvgIpc) is 3.06. The number of carbonyl (C=O) groups excluding carboxylic acids is 4. The Morgan fingerprint density at radius 3 is 2.39 bits per heavy atom. The van der Waals surface area contributed by atoms with Gasteiger partial charge in [0.15, 0.2) is 0 Å². The van der Waals surface area contributed by atoms with Crippen molar-refractivity contribution in [2.24, 2.45) is 0 Å². The number of hydrazine groups is 1. The van der Waals surface area contributed by atoms with E-state index in [2.05, 4.69) is 17.2 Å². The number of aliphatic hydroxyl groups is 1. The SMILES string of the molecule is C=CCN1CC(=O)N2[C@@H](Cc3ccc(O)cc3)C(=O)N(Cc3cccc(C(=O)NCCO)c3)C[C@@H]2N1C(=O)NCc1ccccc1. The minimum absolute atomic E-state index is 0.0317. The molecule has 0 aromatic heterocycles. The first kappa shape index (κ1) is 32.2. The van der Waals surface area contributed by atoms with Crippen molar-refractivity contribution in [3.05, 3.63) is 114 Å². The number of nitrogens with one attached hydrogen (secondary N) is 2. The van der Waals surface area contributed by atoms with E-state index in [0.717, 1.165) is 11.1 Å². The average molecular weight is 627 g/mol. The second kappa shape index (κ2) is 14.7. The van der Waals surface area contributed by atoms with E-state index in [0.29, 0.717) is 11.1 Å². The van der Waals surface area contributed by atoms with Gasteiger partial charge < -0.3 is 30.6 Å². The highest BCUT2D eigenvalue weighted by molar-refractivity contribution is 5.94. The van der Waals surface area contributed by atoms with Crippen molar-refractivity contribution in [2.75, 3.05) is 32.8 Å². The van der Waals surface area contributed by atoms with Gasteiger partial charge in [-0.1, -0.05) is 60.7 Å². The Morgan fingerprint density at radius 2 is 1.67 bits per heavy atom. The van der Waals surface area contributed by atoms with E-state index in [1.54, 1.807) is 52.4 Å². The lowest BCUT2D eigenvalue weighted by molar-refractivity contribution is -0.189. The number of hydrogen-bond acceptors (Lipinski definition) is 7. The third-order valence-corrected chi connectivity index (χ3v) is 7.99. The summed E-state index contributed by atoms with van der Waals surface area (Å²) in [5.41, 5.74) is 2.71. The Labute approximate surface area is 267 Å². The normalized spacial score (nSPS) is 18.2. The molecule has 0 bridgehead atoms. The number of carbonyl (C=O) groups is 4. The molecule has 2 aliphatic heterocycles. The predicted octanol–water partition coefficient (Wildman–Crippen LogP) is 1.85. The van der Waals surface area contributed by atoms with Crippen LogP contribution in [-0.2, 0) is 29.1 Å². The molecule has 240 valence electrons. The molecule has 2 fully saturated rings. The standard InChI is InChI=1S/C34H38N6O6/c1-2-16-38-23-31(43)39-29(19-24-11-13-28(42)14-12-24)33(45)37(21-26-9-6-10-27(18-26)32(44)35-15-17-41)22-30(39)40(38)34(46)36-20-25-7-4-3-5-8-25/h2-14,18,29-30,41-42H,1,15-17,19-23H2,(H,35,44)(H,36,46)/t29-,30-/m0/s1. The van der Waals surface area contributed by atoms with Crippen LogP contribution in [0.25, 0.3) is 0 Å². The van der Waals surface area contributed by atoms with Crippen molar-refractivity contribution in [2.45, 2.75) is 31.7 Å². The van der Waals surface area contributed by atoms with E-state index in [1.165, 1.54) is 22.0 Å². The van der Waals surface area contributed by atoms with Gasteiger partial charge in [0.05, 0.1) is 19.7 Å². The van der Waals surface area contributed by atoms with Gasteiger partial charge in [-0.25, -0.2) is 14.8 Å². The molecule has 2 saturated heterocycles. The summed E-state index contributed by atoms with van der Waals surface area (Å²) in [6.45, 7) is 4.28. The van der Waals surface area contributed by atoms with Crippen LogP contribution < -0.4 is 10.6 Å². The zero-order chi connectivity index (χ0) is 32.6. The molecule has 5 rings (SSSR count). The minimum Gasteiger partial charge on any atom is -0.508 e. The van der Waals surface area contributed by atoms with Crippen LogP contribution in [0.3, 0.4) is 0 Å². The third-order valence-electron chi connectivity index (χ3n) is 7.99. The maximum atomic E-state index is 14.2. The van der Waals surface area contributed by atoms with Crippen LogP contribution in [0, 0.1) is 0 Å². The Kier molecular flexibility index (Phi) is 10.3. The van der Waals surface area contributed by atoms with E-state index in [9.17, 15) is 24.3 Å². The summed E-state index contributed by atoms with van der Waals surface area (Å²) in [5, 5.41) is 27.6. The highest BCUT2D eigenvalue weighted by Gasteiger charge is 2.51. The Balaban J connectivity index is 1.48. The number of phenols is 1. The fourth-order valence-corrected chi connectivity index (χ4v) is 5.86. The van der Waals surface area contributed by atoms with E-state index in [-0.39, 0.29) is 75.8 Å². The van der Waals surface area contributed by atoms with Crippen LogP contribution in [0.1, 0.15) is 27.0 Å². The second-order valence-corrected chi connectivity index (χ2v) is 11.2. The van der Waals surface area contributed by atoms with Gasteiger partial charge >= 0.3 is 6.03 Å². The van der Waals surface area contributed by atoms with Crippen LogP contribution in [0.4, 0.5) is 4.79 Å². The molecule has 5 amide bonds. The van der Waals surface area contributed by atoms with E-state index < -0.39 is 18.2 Å². The van der Waals surface area contributed by atoms with E-state index in [4.69, 9.17) is 5.11 Å². The van der Waals surface area contributed by atoms with Crippen LogP contribution in [0.5, 0.6) is 5.75 Å². The lowest BCUT2D eigenvalue weighted by Crippen LogP contribution is -2.76. The Hall–Kier alpha value is -5.20. The lowest BCUT2D eigenvalue weighted by atomic mass is 9.98. The van der Waals surface area contributed by atoms with E-state index >= 15 is 0 Å². The monoisotopic (exact) mass is 626 g/mol. The molecule has 12 heteroatoms. The lowest BCUT2D eigenvalue weighted by Gasteiger charge is -2.55. The number of benzene rings is 3. The molecule has 3 aromatic rings. The first-order chi connectivity index (χ1) is 22.3. The number of aromatic hydroxyl groups is 1. The molecule has 0 saturated carbocycles. The number of nitrogens with zero attached hydrogens (tertiary/aromatic N) is 4. The molecule has 2 atom stereocenters. The number of urea groups is 1. The van der Waals surface area contributed by atoms with Crippen molar-refractivity contribution >= 4 is 23.8 Å². The largest absolute Gasteiger partial charge is 0.508 e. The number of aliphatic hydroxyl groups excluding tert-OH is 1. The van der Waals surface area contributed by atoms with Crippen LogP contribution in [0.2, 0.25) is 0 Å². The van der Waals surface area contributed by atoms with Crippen molar-refractivity contribution in [1.82, 2.24) is 30.5 Å². The highest BCUT2D eigenvalue weighted by Crippen LogP contribution is 2.29. The van der Waals surface area contributed by atoms with Crippen molar-refractivity contribution in [3.63, 3.8) is 0 Å². The first-order valence-electron chi connectivity index (χ1n) is 15.1. The van der Waals surface area contributed by atoms with Gasteiger partial charge in [-0.05, 0) is 41.0 Å². The smallest absolute Gasteiger partial charge is 0.334 e. The molecule has 0 spiro atoms. The number of fused-ring (bicyclic) bond motifs is 1. The van der Waals surface area contributed by atoms with Crippen LogP contribution >= 0.6 is 0 Å². The van der Waals surface area contributed by atoms with Crippen molar-refractivity contribution in [1.29, 1.82) is 0 Å². The summed E-state index contributed by atoms with van der Waals surface area (Å²) < 4.78 is 0. The van der Waals surface area contributed by atoms with Gasteiger partial charge in [-0.15, -0.1) is 6.58 Å². The van der Waals surface area contributed by atoms with Gasteiger partial charge in [0.1, 0.15) is 18.0 Å². The highest BCUT2D eigenvalue weighted by atomic mass is 16.3. The minimum atomic E-state index is -0.929. The van der Waals surface area contributed by atoms with Gasteiger partial charge in [-0.3, -0.25) is 14.4 Å². The first-order valence-corrected chi connectivity index (χ1v) is 15.1. The van der Waals surface area contributed by atoms with Crippen molar-refractivity contribution in [3.8, 4) is 5.75 Å². The third kappa shape index (κ3) is 7.36. The molecule has 2 aliphatic rings. The molecule has 3 aromatic carbocycles. The molecule has 12 nitrogen and oxygen atoms in total. The maximum Gasteiger partial charge on any atom is 0.334 e. The molecular weight excluding hydrogens is 588 g/mol. The number of rotatable bonds is 11. The summed E-state index contributed by atoms with van der Waals surface area (Å²) in [6.07, 6.45) is 0.961. The van der Waals surface area contributed by atoms with E-state index in [1.807, 2.05) is 30.3 Å². The molecule has 0 aliphatic carbocycles. The Morgan fingerprint density at radius 1 is 0.935 bits per heavy atom. The number of phenolic OH excluding ortho intramolecular Hbond substituents is 1. The van der Waals surface area contributed by atoms with Gasteiger partial charge in [-0.2, -0.15) is 0 Å². The molecule has 0 radical (unpaired) electrons. The molecule has 2 heterocycles. The predicted molar refractivity (Wildman–Crippen MR) is 170 cm³/mol. The number of hydrogen-bond donors (Lipinski definition) is 4. The second-order valence-electron chi connectivity index (χ2n) is 11.2. The summed E-state index contributed by atoms with van der Waals surface area (Å²) >= 11 is 0. The topological polar surface area (TPSA) is 146 Å². The Bertz CT molecular complexity index is 1570. The quantitative estimate of drug-likeness (QED) is 0.238. The summed E-state index contributed by atoms with van der Waals surface area (Å²) in [6, 6.07) is 21.4. The number of piperazine rings is 1. The maximum absolute atomic E-state index is 14.2. The zero-order valence-corrected chi connectivity index (χ0v) is 25.4. The fourth-order valence-electron chi connectivity index (χ4n) is 5.86. The summed E-state index contributed by atoms with van der Waals surface area (Å²) in [4.78, 5) is 57.5. The van der Waals surface area contributed by atoms with Crippen molar-refractivity contribution < 1.29 is 29.4 Å². The summed E-state index contributed by atoms with van der Waals surface area (Å²) in [7, 11) is 0. The van der Waals surface area contributed by atoms with Gasteiger partial charge in [0.25, 0.3) is 5.91 Å². The zero-order valence-electron chi connectivity index (χ0n) is 25.4. The summed E-state index contributed by atoms with van der Waals surface area (Å²) in [5.74, 6) is -0.860. The van der Waals surface area contributed by atoms with Crippen LogP contribution in [-0.4, -0.2) is 98.8 Å².